The predicted molar refractivity (Wildman–Crippen MR) is 48.0 cm³/mol. The normalized spacial score (nSPS) is 9.17. The molecule has 62 valence electrons. The summed E-state index contributed by atoms with van der Waals surface area (Å²) in [5, 5.41) is 8.78. The number of hydrogen-bond donors (Lipinski definition) is 0. The van der Waals surface area contributed by atoms with Crippen LogP contribution in [0.15, 0.2) is 12.3 Å². The summed E-state index contributed by atoms with van der Waals surface area (Å²) in [5.41, 5.74) is 1.64. The number of anilines is 1. The average molecular weight is 161 g/mol. The highest BCUT2D eigenvalue weighted by molar-refractivity contribution is 5.53. The van der Waals surface area contributed by atoms with Crippen molar-refractivity contribution in [1.29, 1.82) is 5.26 Å². The Kier molecular flexibility index (Phi) is 2.29. The van der Waals surface area contributed by atoms with Gasteiger partial charge < -0.3 is 4.90 Å². The molecule has 0 saturated carbocycles. The van der Waals surface area contributed by atoms with Crippen LogP contribution in [0.3, 0.4) is 0 Å². The molecule has 0 fully saturated rings. The summed E-state index contributed by atoms with van der Waals surface area (Å²) >= 11 is 0. The molecule has 3 nitrogen and oxygen atoms in total. The molecule has 0 aromatic carbocycles. The smallest absolute Gasteiger partial charge is 0.145 e. The van der Waals surface area contributed by atoms with Gasteiger partial charge in [0.1, 0.15) is 11.9 Å². The SMILES string of the molecule is Cc1cnc(N(C)C)c(C#N)c1. The molecule has 0 bridgehead atoms. The fourth-order valence-corrected chi connectivity index (χ4v) is 1.00. The van der Waals surface area contributed by atoms with E-state index in [2.05, 4.69) is 11.1 Å². The van der Waals surface area contributed by atoms with Crippen LogP contribution >= 0.6 is 0 Å². The van der Waals surface area contributed by atoms with E-state index in [0.717, 1.165) is 11.4 Å². The summed E-state index contributed by atoms with van der Waals surface area (Å²) in [7, 11) is 3.75. The lowest BCUT2D eigenvalue weighted by Gasteiger charge is -2.12. The van der Waals surface area contributed by atoms with Gasteiger partial charge in [-0.05, 0) is 18.6 Å². The molecule has 1 rings (SSSR count). The van der Waals surface area contributed by atoms with Crippen molar-refractivity contribution >= 4 is 5.82 Å². The molecule has 0 amide bonds. The van der Waals surface area contributed by atoms with Crippen LogP contribution in [0, 0.1) is 18.3 Å². The second kappa shape index (κ2) is 3.22. The van der Waals surface area contributed by atoms with E-state index in [1.165, 1.54) is 0 Å². The molecule has 1 aromatic rings. The minimum atomic E-state index is 0.625. The number of aryl methyl sites for hydroxylation is 1. The highest BCUT2D eigenvalue weighted by atomic mass is 15.1. The zero-order chi connectivity index (χ0) is 9.14. The van der Waals surface area contributed by atoms with E-state index in [4.69, 9.17) is 5.26 Å². The van der Waals surface area contributed by atoms with Gasteiger partial charge in [0.15, 0.2) is 0 Å². The van der Waals surface area contributed by atoms with Gasteiger partial charge in [-0.1, -0.05) is 0 Å². The number of hydrogen-bond acceptors (Lipinski definition) is 3. The van der Waals surface area contributed by atoms with Gasteiger partial charge in [-0.15, -0.1) is 0 Å². The molecule has 1 heterocycles. The maximum Gasteiger partial charge on any atom is 0.145 e. The Morgan fingerprint density at radius 3 is 2.67 bits per heavy atom. The van der Waals surface area contributed by atoms with Gasteiger partial charge in [0.2, 0.25) is 0 Å². The molecule has 12 heavy (non-hydrogen) atoms. The summed E-state index contributed by atoms with van der Waals surface area (Å²) in [6.07, 6.45) is 1.76. The molecule has 0 radical (unpaired) electrons. The molecule has 1 aromatic heterocycles. The number of pyridine rings is 1. The van der Waals surface area contributed by atoms with Gasteiger partial charge in [-0.3, -0.25) is 0 Å². The Hall–Kier alpha value is -1.56. The standard InChI is InChI=1S/C9H11N3/c1-7-4-8(5-10)9(11-6-7)12(2)3/h4,6H,1-3H3. The van der Waals surface area contributed by atoms with Crippen molar-refractivity contribution in [3.63, 3.8) is 0 Å². The predicted octanol–water partition coefficient (Wildman–Crippen LogP) is 1.33. The summed E-state index contributed by atoms with van der Waals surface area (Å²) < 4.78 is 0. The van der Waals surface area contributed by atoms with E-state index in [-0.39, 0.29) is 0 Å². The molecular weight excluding hydrogens is 150 g/mol. The molecule has 0 aliphatic carbocycles. The van der Waals surface area contributed by atoms with Crippen LogP contribution in [0.4, 0.5) is 5.82 Å². The molecule has 0 saturated heterocycles. The Morgan fingerprint density at radius 2 is 2.17 bits per heavy atom. The van der Waals surface area contributed by atoms with Gasteiger partial charge in [0, 0.05) is 20.3 Å². The van der Waals surface area contributed by atoms with Crippen molar-refractivity contribution in [2.24, 2.45) is 0 Å². The highest BCUT2D eigenvalue weighted by Crippen LogP contribution is 2.14. The second-order valence-corrected chi connectivity index (χ2v) is 2.89. The molecule has 0 aliphatic heterocycles. The lowest BCUT2D eigenvalue weighted by Crippen LogP contribution is -2.12. The fraction of sp³-hybridized carbons (Fsp3) is 0.333. The van der Waals surface area contributed by atoms with E-state index in [0.29, 0.717) is 5.56 Å². The first-order valence-electron chi connectivity index (χ1n) is 3.69. The summed E-state index contributed by atoms with van der Waals surface area (Å²) in [5.74, 6) is 0.725. The quantitative estimate of drug-likeness (QED) is 0.623. The van der Waals surface area contributed by atoms with Crippen molar-refractivity contribution in [3.05, 3.63) is 23.4 Å². The van der Waals surface area contributed by atoms with E-state index >= 15 is 0 Å². The zero-order valence-electron chi connectivity index (χ0n) is 7.50. The van der Waals surface area contributed by atoms with Crippen LogP contribution in [0.5, 0.6) is 0 Å². The van der Waals surface area contributed by atoms with Crippen LogP contribution < -0.4 is 4.90 Å². The maximum atomic E-state index is 8.78. The first kappa shape index (κ1) is 8.54. The summed E-state index contributed by atoms with van der Waals surface area (Å²) in [6.45, 7) is 1.92. The van der Waals surface area contributed by atoms with Crippen molar-refractivity contribution < 1.29 is 0 Å². The summed E-state index contributed by atoms with van der Waals surface area (Å²) in [6, 6.07) is 3.95. The average Bonchev–Trinajstić information content (AvgIpc) is 2.03. The van der Waals surface area contributed by atoms with Crippen LogP contribution in [0.2, 0.25) is 0 Å². The minimum Gasteiger partial charge on any atom is -0.362 e. The molecule has 0 spiro atoms. The lowest BCUT2D eigenvalue weighted by molar-refractivity contribution is 1.05. The van der Waals surface area contributed by atoms with Crippen LogP contribution in [0.1, 0.15) is 11.1 Å². The van der Waals surface area contributed by atoms with Gasteiger partial charge >= 0.3 is 0 Å². The molecule has 3 heteroatoms. The van der Waals surface area contributed by atoms with Crippen molar-refractivity contribution in [2.45, 2.75) is 6.92 Å². The van der Waals surface area contributed by atoms with Gasteiger partial charge in [0.25, 0.3) is 0 Å². The third kappa shape index (κ3) is 1.54. The largest absolute Gasteiger partial charge is 0.362 e. The van der Waals surface area contributed by atoms with Crippen molar-refractivity contribution in [1.82, 2.24) is 4.98 Å². The third-order valence-electron chi connectivity index (χ3n) is 1.55. The molecule has 0 atom stereocenters. The maximum absolute atomic E-state index is 8.78. The van der Waals surface area contributed by atoms with Gasteiger partial charge in [0.05, 0.1) is 5.56 Å². The fourth-order valence-electron chi connectivity index (χ4n) is 1.00. The second-order valence-electron chi connectivity index (χ2n) is 2.89. The van der Waals surface area contributed by atoms with Gasteiger partial charge in [-0.25, -0.2) is 4.98 Å². The van der Waals surface area contributed by atoms with E-state index in [9.17, 15) is 0 Å². The number of nitrogens with zero attached hydrogens (tertiary/aromatic N) is 3. The Labute approximate surface area is 72.3 Å². The van der Waals surface area contributed by atoms with Crippen molar-refractivity contribution in [2.75, 3.05) is 19.0 Å². The number of rotatable bonds is 1. The van der Waals surface area contributed by atoms with E-state index in [1.54, 1.807) is 6.20 Å². The molecule has 0 N–H and O–H groups in total. The third-order valence-corrected chi connectivity index (χ3v) is 1.55. The topological polar surface area (TPSA) is 39.9 Å². The van der Waals surface area contributed by atoms with E-state index < -0.39 is 0 Å². The number of aromatic nitrogens is 1. The molecule has 0 unspecified atom stereocenters. The molecular formula is C9H11N3. The zero-order valence-corrected chi connectivity index (χ0v) is 7.50. The number of nitriles is 1. The first-order chi connectivity index (χ1) is 5.65. The Morgan fingerprint density at radius 1 is 1.50 bits per heavy atom. The minimum absolute atomic E-state index is 0.625. The van der Waals surface area contributed by atoms with Crippen molar-refractivity contribution in [3.8, 4) is 6.07 Å². The van der Waals surface area contributed by atoms with Crippen LogP contribution in [0.25, 0.3) is 0 Å². The Balaban J connectivity index is 3.23. The first-order valence-corrected chi connectivity index (χ1v) is 3.69. The summed E-state index contributed by atoms with van der Waals surface area (Å²) in [4.78, 5) is 5.98. The molecule has 0 aliphatic rings. The van der Waals surface area contributed by atoms with Gasteiger partial charge in [-0.2, -0.15) is 5.26 Å². The van der Waals surface area contributed by atoms with Crippen LogP contribution in [-0.2, 0) is 0 Å². The lowest BCUT2D eigenvalue weighted by atomic mass is 10.2. The monoisotopic (exact) mass is 161 g/mol. The highest BCUT2D eigenvalue weighted by Gasteiger charge is 2.04. The Bertz CT molecular complexity index is 323. The van der Waals surface area contributed by atoms with Crippen LogP contribution in [-0.4, -0.2) is 19.1 Å². The van der Waals surface area contributed by atoms with E-state index in [1.807, 2.05) is 32.0 Å².